The lowest BCUT2D eigenvalue weighted by Gasteiger charge is -2.25. The predicted molar refractivity (Wildman–Crippen MR) is 56.4 cm³/mol. The normalized spacial score (nSPS) is 9.13. The SMILES string of the molecule is C#CCN(C)C(=O)N(CC)CCC(=O)O. The van der Waals surface area contributed by atoms with Gasteiger partial charge in [0.25, 0.3) is 0 Å². The second-order valence-corrected chi connectivity index (χ2v) is 3.07. The van der Waals surface area contributed by atoms with Gasteiger partial charge in [0.05, 0.1) is 13.0 Å². The predicted octanol–water partition coefficient (Wildman–Crippen LogP) is 0.468. The van der Waals surface area contributed by atoms with Crippen molar-refractivity contribution in [1.82, 2.24) is 9.80 Å². The Kier molecular flexibility index (Phi) is 5.95. The number of amides is 2. The first-order valence-corrected chi connectivity index (χ1v) is 4.68. The molecule has 0 unspecified atom stereocenters. The van der Waals surface area contributed by atoms with Gasteiger partial charge in [0.15, 0.2) is 0 Å². The lowest BCUT2D eigenvalue weighted by atomic mass is 10.4. The molecule has 0 heterocycles. The molecular formula is C10H16N2O3. The van der Waals surface area contributed by atoms with Gasteiger partial charge >= 0.3 is 12.0 Å². The van der Waals surface area contributed by atoms with E-state index in [4.69, 9.17) is 11.5 Å². The summed E-state index contributed by atoms with van der Waals surface area (Å²) in [4.78, 5) is 24.8. The van der Waals surface area contributed by atoms with E-state index in [1.807, 2.05) is 0 Å². The summed E-state index contributed by atoms with van der Waals surface area (Å²) in [6.45, 7) is 2.70. The quantitative estimate of drug-likeness (QED) is 0.674. The number of rotatable bonds is 5. The van der Waals surface area contributed by atoms with Crippen molar-refractivity contribution in [2.75, 3.05) is 26.7 Å². The Morgan fingerprint density at radius 3 is 2.47 bits per heavy atom. The number of carboxylic acids is 1. The van der Waals surface area contributed by atoms with Crippen LogP contribution >= 0.6 is 0 Å². The summed E-state index contributed by atoms with van der Waals surface area (Å²) in [7, 11) is 1.59. The summed E-state index contributed by atoms with van der Waals surface area (Å²) in [6.07, 6.45) is 5.02. The molecule has 0 aromatic carbocycles. The van der Waals surface area contributed by atoms with E-state index in [1.165, 1.54) is 9.80 Å². The molecule has 0 fully saturated rings. The fraction of sp³-hybridized carbons (Fsp3) is 0.600. The Bertz CT molecular complexity index is 270. The van der Waals surface area contributed by atoms with Crippen molar-refractivity contribution in [2.45, 2.75) is 13.3 Å². The first-order chi connectivity index (χ1) is 7.02. The molecule has 5 heteroatoms. The lowest BCUT2D eigenvalue weighted by Crippen LogP contribution is -2.42. The molecule has 5 nitrogen and oxygen atoms in total. The highest BCUT2D eigenvalue weighted by Gasteiger charge is 2.16. The molecule has 2 amide bonds. The summed E-state index contributed by atoms with van der Waals surface area (Å²) in [5, 5.41) is 8.50. The van der Waals surface area contributed by atoms with E-state index in [2.05, 4.69) is 5.92 Å². The first-order valence-electron chi connectivity index (χ1n) is 4.68. The van der Waals surface area contributed by atoms with Crippen molar-refractivity contribution < 1.29 is 14.7 Å². The minimum atomic E-state index is -0.916. The van der Waals surface area contributed by atoms with Crippen LogP contribution in [0.2, 0.25) is 0 Å². The highest BCUT2D eigenvalue weighted by atomic mass is 16.4. The van der Waals surface area contributed by atoms with Gasteiger partial charge < -0.3 is 14.9 Å². The highest BCUT2D eigenvalue weighted by Crippen LogP contribution is 1.98. The third-order valence-electron chi connectivity index (χ3n) is 1.90. The molecule has 0 radical (unpaired) electrons. The summed E-state index contributed by atoms with van der Waals surface area (Å²) in [5.41, 5.74) is 0. The monoisotopic (exact) mass is 212 g/mol. The molecule has 0 atom stereocenters. The lowest BCUT2D eigenvalue weighted by molar-refractivity contribution is -0.137. The summed E-state index contributed by atoms with van der Waals surface area (Å²) < 4.78 is 0. The van der Waals surface area contributed by atoms with Crippen LogP contribution < -0.4 is 0 Å². The molecular weight excluding hydrogens is 196 g/mol. The first kappa shape index (κ1) is 13.3. The van der Waals surface area contributed by atoms with Gasteiger partial charge in [-0.1, -0.05) is 5.92 Å². The number of hydrogen-bond donors (Lipinski definition) is 1. The van der Waals surface area contributed by atoms with E-state index in [-0.39, 0.29) is 25.5 Å². The van der Waals surface area contributed by atoms with Crippen LogP contribution in [0, 0.1) is 12.3 Å². The Morgan fingerprint density at radius 2 is 2.07 bits per heavy atom. The van der Waals surface area contributed by atoms with E-state index >= 15 is 0 Å². The van der Waals surface area contributed by atoms with Gasteiger partial charge in [0, 0.05) is 20.1 Å². The van der Waals surface area contributed by atoms with Gasteiger partial charge in [-0.3, -0.25) is 4.79 Å². The molecule has 1 N–H and O–H groups in total. The van der Waals surface area contributed by atoms with Crippen LogP contribution in [0.1, 0.15) is 13.3 Å². The van der Waals surface area contributed by atoms with Crippen molar-refractivity contribution in [3.05, 3.63) is 0 Å². The minimum Gasteiger partial charge on any atom is -0.481 e. The molecule has 0 saturated carbocycles. The molecule has 0 aromatic rings. The average molecular weight is 212 g/mol. The second kappa shape index (κ2) is 6.71. The van der Waals surface area contributed by atoms with Crippen molar-refractivity contribution >= 4 is 12.0 Å². The zero-order chi connectivity index (χ0) is 11.8. The maximum absolute atomic E-state index is 11.6. The molecule has 0 aliphatic heterocycles. The molecule has 0 aliphatic carbocycles. The summed E-state index contributed by atoms with van der Waals surface area (Å²) in [6, 6.07) is -0.239. The second-order valence-electron chi connectivity index (χ2n) is 3.07. The van der Waals surface area contributed by atoms with E-state index in [0.717, 1.165) is 0 Å². The molecule has 0 rings (SSSR count). The third kappa shape index (κ3) is 4.91. The Labute approximate surface area is 89.7 Å². The summed E-state index contributed by atoms with van der Waals surface area (Å²) in [5.74, 6) is 1.44. The van der Waals surface area contributed by atoms with Crippen LogP contribution in [0.25, 0.3) is 0 Å². The van der Waals surface area contributed by atoms with Crippen LogP contribution in [0.5, 0.6) is 0 Å². The van der Waals surface area contributed by atoms with Gasteiger partial charge in [-0.05, 0) is 6.92 Å². The van der Waals surface area contributed by atoms with Crippen molar-refractivity contribution in [2.24, 2.45) is 0 Å². The van der Waals surface area contributed by atoms with Crippen LogP contribution in [0.15, 0.2) is 0 Å². The van der Waals surface area contributed by atoms with Gasteiger partial charge in [-0.2, -0.15) is 0 Å². The summed E-state index contributed by atoms with van der Waals surface area (Å²) >= 11 is 0. The maximum Gasteiger partial charge on any atom is 0.320 e. The van der Waals surface area contributed by atoms with E-state index in [1.54, 1.807) is 14.0 Å². The maximum atomic E-state index is 11.6. The van der Waals surface area contributed by atoms with Crippen LogP contribution in [-0.2, 0) is 4.79 Å². The Hall–Kier alpha value is -1.70. The van der Waals surface area contributed by atoms with Gasteiger partial charge in [-0.15, -0.1) is 6.42 Å². The minimum absolute atomic E-state index is 0.0521. The zero-order valence-electron chi connectivity index (χ0n) is 9.06. The van der Waals surface area contributed by atoms with Crippen molar-refractivity contribution in [3.63, 3.8) is 0 Å². The van der Waals surface area contributed by atoms with Crippen LogP contribution in [-0.4, -0.2) is 53.6 Å². The van der Waals surface area contributed by atoms with E-state index in [0.29, 0.717) is 6.54 Å². The van der Waals surface area contributed by atoms with Crippen molar-refractivity contribution in [1.29, 1.82) is 0 Å². The van der Waals surface area contributed by atoms with Crippen molar-refractivity contribution in [3.8, 4) is 12.3 Å². The fourth-order valence-electron chi connectivity index (χ4n) is 1.07. The highest BCUT2D eigenvalue weighted by molar-refractivity contribution is 5.75. The number of carbonyl (C=O) groups excluding carboxylic acids is 1. The van der Waals surface area contributed by atoms with E-state index in [9.17, 15) is 9.59 Å². The number of carbonyl (C=O) groups is 2. The van der Waals surface area contributed by atoms with E-state index < -0.39 is 5.97 Å². The number of nitrogens with zero attached hydrogens (tertiary/aromatic N) is 2. The number of terminal acetylenes is 1. The van der Waals surface area contributed by atoms with Gasteiger partial charge in [0.2, 0.25) is 0 Å². The molecule has 0 spiro atoms. The number of hydrogen-bond acceptors (Lipinski definition) is 2. The standard InChI is InChI=1S/C10H16N2O3/c1-4-7-11(3)10(15)12(5-2)8-6-9(13)14/h1H,5-8H2,2-3H3,(H,13,14). The Balaban J connectivity index is 4.22. The zero-order valence-corrected chi connectivity index (χ0v) is 9.06. The smallest absolute Gasteiger partial charge is 0.320 e. The molecule has 0 bridgehead atoms. The van der Waals surface area contributed by atoms with Crippen LogP contribution in [0.3, 0.4) is 0 Å². The molecule has 0 aliphatic rings. The molecule has 0 aromatic heterocycles. The fourth-order valence-corrected chi connectivity index (χ4v) is 1.07. The van der Waals surface area contributed by atoms with Gasteiger partial charge in [0.1, 0.15) is 0 Å². The molecule has 0 saturated heterocycles. The molecule has 15 heavy (non-hydrogen) atoms. The number of urea groups is 1. The molecule has 84 valence electrons. The number of carboxylic acid groups (broad SMARTS) is 1. The van der Waals surface area contributed by atoms with Crippen LogP contribution in [0.4, 0.5) is 4.79 Å². The van der Waals surface area contributed by atoms with Gasteiger partial charge in [-0.25, -0.2) is 4.79 Å². The average Bonchev–Trinajstić information content (AvgIpc) is 2.18. The topological polar surface area (TPSA) is 60.9 Å². The number of aliphatic carboxylic acids is 1. The Morgan fingerprint density at radius 1 is 1.47 bits per heavy atom. The third-order valence-corrected chi connectivity index (χ3v) is 1.90. The largest absolute Gasteiger partial charge is 0.481 e.